The minimum atomic E-state index is 0.588. The van der Waals surface area contributed by atoms with Crippen LogP contribution in [0.3, 0.4) is 0 Å². The van der Waals surface area contributed by atoms with Gasteiger partial charge in [0.05, 0.1) is 11.4 Å². The molecule has 2 aromatic rings. The largest absolute Gasteiger partial charge is 0.240 e. The van der Waals surface area contributed by atoms with Gasteiger partial charge in [0.2, 0.25) is 12.2 Å². The minimum absolute atomic E-state index is 0.588. The van der Waals surface area contributed by atoms with E-state index in [0.29, 0.717) is 11.4 Å². The Morgan fingerprint density at radius 2 is 1.00 bits per heavy atom. The number of carbonyl (C=O) groups excluding carboxylic acids is 2. The van der Waals surface area contributed by atoms with E-state index in [2.05, 4.69) is 9.98 Å². The Kier molecular flexibility index (Phi) is 5.35. The van der Waals surface area contributed by atoms with Crippen LogP contribution in [0.2, 0.25) is 0 Å². The predicted octanol–water partition coefficient (Wildman–Crippen LogP) is 4.42. The first-order chi connectivity index (χ1) is 9.81. The molecule has 6 heteroatoms. The Morgan fingerprint density at radius 1 is 0.650 bits per heavy atom. The molecule has 4 nitrogen and oxygen atoms in total. The summed E-state index contributed by atoms with van der Waals surface area (Å²) in [6.45, 7) is 0. The smallest absolute Gasteiger partial charge is 0.211 e. The molecule has 0 saturated carbocycles. The second-order valence-corrected chi connectivity index (χ2v) is 5.84. The van der Waals surface area contributed by atoms with E-state index in [9.17, 15) is 9.59 Å². The summed E-state index contributed by atoms with van der Waals surface area (Å²) in [4.78, 5) is 29.4. The van der Waals surface area contributed by atoms with Crippen LogP contribution in [0.5, 0.6) is 0 Å². The Labute approximate surface area is 123 Å². The molecule has 98 valence electrons. The third-order valence-corrected chi connectivity index (χ3v) is 4.67. The van der Waals surface area contributed by atoms with Crippen LogP contribution in [0.1, 0.15) is 0 Å². The van der Waals surface area contributed by atoms with Gasteiger partial charge >= 0.3 is 0 Å². The van der Waals surface area contributed by atoms with E-state index in [1.807, 2.05) is 24.3 Å². The lowest BCUT2D eigenvalue weighted by Crippen LogP contribution is -1.70. The first-order valence-corrected chi connectivity index (χ1v) is 7.67. The fourth-order valence-electron chi connectivity index (χ4n) is 1.35. The predicted molar refractivity (Wildman–Crippen MR) is 80.2 cm³/mol. The second kappa shape index (κ2) is 7.48. The van der Waals surface area contributed by atoms with Gasteiger partial charge in [0.15, 0.2) is 0 Å². The molecule has 0 unspecified atom stereocenters. The fourth-order valence-corrected chi connectivity index (χ4v) is 3.28. The maximum atomic E-state index is 10.1. The minimum Gasteiger partial charge on any atom is -0.211 e. The van der Waals surface area contributed by atoms with Gasteiger partial charge in [0.25, 0.3) is 0 Å². The standard InChI is InChI=1S/C14H8N2O2S2/c17-9-15-11-1-5-13(6-2-11)19-20-14-7-3-12(4-8-14)16-10-18/h1-8H. The third kappa shape index (κ3) is 4.23. The SMILES string of the molecule is O=C=Nc1ccc(SSc2ccc(N=C=O)cc2)cc1. The molecular formula is C14H8N2O2S2. The van der Waals surface area contributed by atoms with Crippen molar-refractivity contribution >= 4 is 45.1 Å². The van der Waals surface area contributed by atoms with Crippen LogP contribution in [-0.2, 0) is 9.59 Å². The van der Waals surface area contributed by atoms with Crippen molar-refractivity contribution in [3.63, 3.8) is 0 Å². The molecule has 0 spiro atoms. The highest BCUT2D eigenvalue weighted by atomic mass is 33.1. The van der Waals surface area contributed by atoms with E-state index in [0.717, 1.165) is 9.79 Å². The molecule has 20 heavy (non-hydrogen) atoms. The summed E-state index contributed by atoms with van der Waals surface area (Å²) < 4.78 is 0. The average Bonchev–Trinajstić information content (AvgIpc) is 2.49. The molecule has 0 atom stereocenters. The number of aliphatic imine (C=N–C) groups is 2. The maximum absolute atomic E-state index is 10.1. The number of rotatable bonds is 5. The summed E-state index contributed by atoms with van der Waals surface area (Å²) in [5.74, 6) is 0. The van der Waals surface area contributed by atoms with Crippen molar-refractivity contribution in [2.24, 2.45) is 9.98 Å². The summed E-state index contributed by atoms with van der Waals surface area (Å²) in [6.07, 6.45) is 3.01. The van der Waals surface area contributed by atoms with Gasteiger partial charge in [-0.05, 0) is 48.5 Å². The van der Waals surface area contributed by atoms with Crippen molar-refractivity contribution < 1.29 is 9.59 Å². The molecule has 0 aromatic heterocycles. The van der Waals surface area contributed by atoms with Crippen molar-refractivity contribution in [2.75, 3.05) is 0 Å². The van der Waals surface area contributed by atoms with Gasteiger partial charge in [0.1, 0.15) is 0 Å². The number of hydrogen-bond acceptors (Lipinski definition) is 6. The molecule has 0 radical (unpaired) electrons. The monoisotopic (exact) mass is 300 g/mol. The normalized spacial score (nSPS) is 9.40. The van der Waals surface area contributed by atoms with Gasteiger partial charge in [0, 0.05) is 9.79 Å². The van der Waals surface area contributed by atoms with Crippen LogP contribution in [0.15, 0.2) is 68.3 Å². The maximum Gasteiger partial charge on any atom is 0.240 e. The number of isocyanates is 2. The van der Waals surface area contributed by atoms with Crippen molar-refractivity contribution in [3.8, 4) is 0 Å². The molecule has 0 aliphatic carbocycles. The number of hydrogen-bond donors (Lipinski definition) is 0. The Bertz CT molecular complexity index is 610. The Hall–Kier alpha value is -2.10. The summed E-state index contributed by atoms with van der Waals surface area (Å²) in [7, 11) is 3.18. The molecular weight excluding hydrogens is 292 g/mol. The molecule has 0 fully saturated rings. The number of nitrogens with zero attached hydrogens (tertiary/aromatic N) is 2. The average molecular weight is 300 g/mol. The zero-order valence-electron chi connectivity index (χ0n) is 10.1. The van der Waals surface area contributed by atoms with E-state index < -0.39 is 0 Å². The highest BCUT2D eigenvalue weighted by Gasteiger charge is 1.99. The summed E-state index contributed by atoms with van der Waals surface area (Å²) >= 11 is 0. The second-order valence-electron chi connectivity index (χ2n) is 3.56. The van der Waals surface area contributed by atoms with Crippen LogP contribution in [-0.4, -0.2) is 12.2 Å². The lowest BCUT2D eigenvalue weighted by atomic mass is 10.3. The summed E-state index contributed by atoms with van der Waals surface area (Å²) in [5.41, 5.74) is 1.18. The zero-order chi connectivity index (χ0) is 14.2. The molecule has 2 rings (SSSR count). The molecule has 2 aromatic carbocycles. The van der Waals surface area contributed by atoms with Crippen LogP contribution in [0, 0.1) is 0 Å². The van der Waals surface area contributed by atoms with Crippen LogP contribution in [0.25, 0.3) is 0 Å². The van der Waals surface area contributed by atoms with Gasteiger partial charge in [-0.15, -0.1) is 0 Å². The van der Waals surface area contributed by atoms with Crippen LogP contribution < -0.4 is 0 Å². The van der Waals surface area contributed by atoms with E-state index in [1.165, 1.54) is 12.2 Å². The first kappa shape index (κ1) is 14.3. The van der Waals surface area contributed by atoms with Crippen molar-refractivity contribution in [2.45, 2.75) is 9.79 Å². The molecule has 0 heterocycles. The van der Waals surface area contributed by atoms with Gasteiger partial charge < -0.3 is 0 Å². The molecule has 0 saturated heterocycles. The van der Waals surface area contributed by atoms with E-state index in [4.69, 9.17) is 0 Å². The van der Waals surface area contributed by atoms with E-state index >= 15 is 0 Å². The highest BCUT2D eigenvalue weighted by molar-refractivity contribution is 8.76. The quantitative estimate of drug-likeness (QED) is 0.466. The summed E-state index contributed by atoms with van der Waals surface area (Å²) in [6, 6.07) is 14.6. The van der Waals surface area contributed by atoms with Crippen LogP contribution in [0.4, 0.5) is 11.4 Å². The zero-order valence-corrected chi connectivity index (χ0v) is 11.8. The molecule has 0 bridgehead atoms. The van der Waals surface area contributed by atoms with Gasteiger partial charge in [-0.25, -0.2) is 9.59 Å². The topological polar surface area (TPSA) is 58.9 Å². The molecule has 0 aliphatic heterocycles. The Morgan fingerprint density at radius 3 is 1.30 bits per heavy atom. The molecule has 0 aliphatic rings. The van der Waals surface area contributed by atoms with Crippen LogP contribution >= 0.6 is 21.6 Å². The van der Waals surface area contributed by atoms with Crippen molar-refractivity contribution in [1.82, 2.24) is 0 Å². The van der Waals surface area contributed by atoms with E-state index in [-0.39, 0.29) is 0 Å². The highest BCUT2D eigenvalue weighted by Crippen LogP contribution is 2.38. The lowest BCUT2D eigenvalue weighted by molar-refractivity contribution is 0.564. The van der Waals surface area contributed by atoms with E-state index in [1.54, 1.807) is 45.9 Å². The molecule has 0 amide bonds. The first-order valence-electron chi connectivity index (χ1n) is 5.52. The molecule has 0 N–H and O–H groups in total. The lowest BCUT2D eigenvalue weighted by Gasteiger charge is -2.01. The fraction of sp³-hybridized carbons (Fsp3) is 0. The number of benzene rings is 2. The van der Waals surface area contributed by atoms with Gasteiger partial charge in [-0.2, -0.15) is 9.98 Å². The van der Waals surface area contributed by atoms with Gasteiger partial charge in [-0.1, -0.05) is 21.6 Å². The third-order valence-electron chi connectivity index (χ3n) is 2.26. The van der Waals surface area contributed by atoms with Gasteiger partial charge in [-0.3, -0.25) is 0 Å². The van der Waals surface area contributed by atoms with Crippen molar-refractivity contribution in [3.05, 3.63) is 48.5 Å². The Balaban J connectivity index is 1.97. The van der Waals surface area contributed by atoms with Crippen molar-refractivity contribution in [1.29, 1.82) is 0 Å². The summed E-state index contributed by atoms with van der Waals surface area (Å²) in [5, 5.41) is 0.